The van der Waals surface area contributed by atoms with Gasteiger partial charge in [-0.25, -0.2) is 0 Å². The Kier molecular flexibility index (Phi) is 8.30. The first-order chi connectivity index (χ1) is 15.6. The van der Waals surface area contributed by atoms with Gasteiger partial charge in [0.05, 0.1) is 11.5 Å². The Bertz CT molecular complexity index is 1110. The Hall–Kier alpha value is -3.10. The quantitative estimate of drug-likeness (QED) is 0.281. The van der Waals surface area contributed by atoms with Crippen molar-refractivity contribution >= 4 is 40.7 Å². The van der Waals surface area contributed by atoms with E-state index in [9.17, 15) is 14.9 Å². The SMILES string of the molecule is CCOC(=O)Cn1cc(CCN2CCN(c3ccccc3[N+](=O)[O-])CC2)c2ccccc21.Cl. The molecule has 4 rings (SSSR count). The van der Waals surface area contributed by atoms with Crippen LogP contribution in [0, 0.1) is 10.1 Å². The van der Waals surface area contributed by atoms with Gasteiger partial charge >= 0.3 is 5.97 Å². The van der Waals surface area contributed by atoms with E-state index in [-0.39, 0.29) is 35.5 Å². The summed E-state index contributed by atoms with van der Waals surface area (Å²) in [5, 5.41) is 12.5. The van der Waals surface area contributed by atoms with Crippen LogP contribution in [-0.2, 0) is 22.5 Å². The van der Waals surface area contributed by atoms with Crippen molar-refractivity contribution in [2.75, 3.05) is 44.2 Å². The summed E-state index contributed by atoms with van der Waals surface area (Å²) >= 11 is 0. The Balaban J connectivity index is 0.00000306. The maximum absolute atomic E-state index is 12.0. The van der Waals surface area contributed by atoms with E-state index in [1.54, 1.807) is 12.1 Å². The molecule has 1 fully saturated rings. The number of carbonyl (C=O) groups is 1. The van der Waals surface area contributed by atoms with Crippen molar-refractivity contribution in [3.8, 4) is 0 Å². The highest BCUT2D eigenvalue weighted by Gasteiger charge is 2.23. The summed E-state index contributed by atoms with van der Waals surface area (Å²) in [5.41, 5.74) is 3.11. The van der Waals surface area contributed by atoms with Crippen LogP contribution in [0.15, 0.2) is 54.7 Å². The number of anilines is 1. The van der Waals surface area contributed by atoms with Gasteiger partial charge in [0.1, 0.15) is 12.2 Å². The number of ether oxygens (including phenoxy) is 1. The van der Waals surface area contributed by atoms with E-state index in [0.29, 0.717) is 12.3 Å². The molecule has 0 spiro atoms. The van der Waals surface area contributed by atoms with Crippen LogP contribution in [0.1, 0.15) is 12.5 Å². The maximum Gasteiger partial charge on any atom is 0.325 e. The highest BCUT2D eigenvalue weighted by atomic mass is 35.5. The molecule has 0 saturated carbocycles. The maximum atomic E-state index is 12.0. The normalized spacial score (nSPS) is 14.2. The van der Waals surface area contributed by atoms with Gasteiger partial charge in [0.15, 0.2) is 0 Å². The lowest BCUT2D eigenvalue weighted by Crippen LogP contribution is -2.47. The van der Waals surface area contributed by atoms with Crippen molar-refractivity contribution in [1.29, 1.82) is 0 Å². The van der Waals surface area contributed by atoms with Gasteiger partial charge in [0, 0.05) is 55.9 Å². The highest BCUT2D eigenvalue weighted by molar-refractivity contribution is 5.86. The van der Waals surface area contributed by atoms with Crippen LogP contribution in [0.2, 0.25) is 0 Å². The zero-order chi connectivity index (χ0) is 22.5. The van der Waals surface area contributed by atoms with E-state index in [1.807, 2.05) is 41.8 Å². The molecule has 0 bridgehead atoms. The second-order valence-corrected chi connectivity index (χ2v) is 7.93. The summed E-state index contributed by atoms with van der Waals surface area (Å²) in [7, 11) is 0. The van der Waals surface area contributed by atoms with E-state index in [1.165, 1.54) is 5.56 Å². The molecule has 1 aromatic heterocycles. The first-order valence-corrected chi connectivity index (χ1v) is 11.0. The van der Waals surface area contributed by atoms with Crippen molar-refractivity contribution in [3.63, 3.8) is 0 Å². The van der Waals surface area contributed by atoms with Crippen LogP contribution in [0.4, 0.5) is 11.4 Å². The van der Waals surface area contributed by atoms with Crippen LogP contribution < -0.4 is 4.90 Å². The number of fused-ring (bicyclic) bond motifs is 1. The fourth-order valence-corrected chi connectivity index (χ4v) is 4.38. The summed E-state index contributed by atoms with van der Waals surface area (Å²) < 4.78 is 7.08. The van der Waals surface area contributed by atoms with Gasteiger partial charge in [-0.1, -0.05) is 30.3 Å². The summed E-state index contributed by atoms with van der Waals surface area (Å²) in [5.74, 6) is -0.231. The van der Waals surface area contributed by atoms with Crippen molar-refractivity contribution in [2.45, 2.75) is 19.9 Å². The number of halogens is 1. The van der Waals surface area contributed by atoms with E-state index >= 15 is 0 Å². The molecule has 2 heterocycles. The molecule has 1 saturated heterocycles. The zero-order valence-corrected chi connectivity index (χ0v) is 19.5. The van der Waals surface area contributed by atoms with Crippen LogP contribution >= 0.6 is 12.4 Å². The molecule has 176 valence electrons. The van der Waals surface area contributed by atoms with Gasteiger partial charge in [-0.15, -0.1) is 12.4 Å². The predicted octanol–water partition coefficient (Wildman–Crippen LogP) is 3.90. The number of hydrogen-bond donors (Lipinski definition) is 0. The number of esters is 1. The Morgan fingerprint density at radius 2 is 1.76 bits per heavy atom. The third kappa shape index (κ3) is 5.64. The second kappa shape index (κ2) is 11.2. The summed E-state index contributed by atoms with van der Waals surface area (Å²) in [6.45, 7) is 6.53. The average Bonchev–Trinajstić information content (AvgIpc) is 3.15. The van der Waals surface area contributed by atoms with Crippen molar-refractivity contribution in [3.05, 3.63) is 70.4 Å². The summed E-state index contributed by atoms with van der Waals surface area (Å²) in [6, 6.07) is 15.1. The first kappa shape index (κ1) is 24.5. The van der Waals surface area contributed by atoms with Gasteiger partial charge < -0.3 is 14.2 Å². The topological polar surface area (TPSA) is 80.8 Å². The number of carbonyl (C=O) groups excluding carboxylic acids is 1. The molecule has 0 N–H and O–H groups in total. The van der Waals surface area contributed by atoms with Gasteiger partial charge in [-0.2, -0.15) is 0 Å². The van der Waals surface area contributed by atoms with Crippen LogP contribution in [-0.4, -0.2) is 59.7 Å². The molecule has 33 heavy (non-hydrogen) atoms. The second-order valence-electron chi connectivity index (χ2n) is 7.93. The number of hydrogen-bond acceptors (Lipinski definition) is 6. The summed E-state index contributed by atoms with van der Waals surface area (Å²) in [4.78, 5) is 27.5. The van der Waals surface area contributed by atoms with Crippen LogP contribution in [0.25, 0.3) is 10.9 Å². The van der Waals surface area contributed by atoms with Crippen molar-refractivity contribution in [1.82, 2.24) is 9.47 Å². The zero-order valence-electron chi connectivity index (χ0n) is 18.7. The predicted molar refractivity (Wildman–Crippen MR) is 131 cm³/mol. The minimum atomic E-state index is -0.312. The van der Waals surface area contributed by atoms with Crippen LogP contribution in [0.5, 0.6) is 0 Å². The molecule has 1 aliphatic rings. The number of piperazine rings is 1. The lowest BCUT2D eigenvalue weighted by atomic mass is 10.1. The summed E-state index contributed by atoms with van der Waals surface area (Å²) in [6.07, 6.45) is 2.94. The molecule has 0 unspecified atom stereocenters. The van der Waals surface area contributed by atoms with Gasteiger partial charge in [-0.3, -0.25) is 19.8 Å². The van der Waals surface area contributed by atoms with Gasteiger partial charge in [-0.05, 0) is 31.0 Å². The Labute approximate surface area is 199 Å². The van der Waals surface area contributed by atoms with E-state index in [2.05, 4.69) is 22.1 Å². The molecular weight excluding hydrogens is 444 g/mol. The van der Waals surface area contributed by atoms with E-state index in [0.717, 1.165) is 50.0 Å². The molecule has 8 nitrogen and oxygen atoms in total. The minimum Gasteiger partial charge on any atom is -0.465 e. The average molecular weight is 473 g/mol. The molecule has 0 radical (unpaired) electrons. The molecule has 2 aromatic carbocycles. The first-order valence-electron chi connectivity index (χ1n) is 11.0. The van der Waals surface area contributed by atoms with Crippen molar-refractivity contribution < 1.29 is 14.5 Å². The number of aromatic nitrogens is 1. The van der Waals surface area contributed by atoms with Crippen LogP contribution in [0.3, 0.4) is 0 Å². The van der Waals surface area contributed by atoms with E-state index in [4.69, 9.17) is 4.74 Å². The van der Waals surface area contributed by atoms with Gasteiger partial charge in [0.25, 0.3) is 5.69 Å². The molecule has 3 aromatic rings. The molecular formula is C24H29ClN4O4. The number of nitro benzene ring substituents is 1. The minimum absolute atomic E-state index is 0. The standard InChI is InChI=1S/C24H28N4O4.ClH/c1-2-32-24(29)18-27-17-19(20-7-3-4-8-21(20)27)11-12-25-13-15-26(16-14-25)22-9-5-6-10-23(22)28(30)31;/h3-10,17H,2,11-16,18H2,1H3;1H. The molecule has 0 aliphatic carbocycles. The molecule has 9 heteroatoms. The third-order valence-electron chi connectivity index (χ3n) is 5.96. The smallest absolute Gasteiger partial charge is 0.325 e. The number of nitrogens with zero attached hydrogens (tertiary/aromatic N) is 4. The van der Waals surface area contributed by atoms with Crippen molar-refractivity contribution in [2.24, 2.45) is 0 Å². The number of nitro groups is 1. The lowest BCUT2D eigenvalue weighted by molar-refractivity contribution is -0.384. The number of benzene rings is 2. The fourth-order valence-electron chi connectivity index (χ4n) is 4.38. The Morgan fingerprint density at radius 3 is 2.48 bits per heavy atom. The fraction of sp³-hybridized carbons (Fsp3) is 0.375. The highest BCUT2D eigenvalue weighted by Crippen LogP contribution is 2.28. The number of rotatable bonds is 8. The molecule has 0 amide bonds. The monoisotopic (exact) mass is 472 g/mol. The lowest BCUT2D eigenvalue weighted by Gasteiger charge is -2.35. The molecule has 0 atom stereocenters. The van der Waals surface area contributed by atoms with Gasteiger partial charge in [0.2, 0.25) is 0 Å². The number of para-hydroxylation sites is 3. The van der Waals surface area contributed by atoms with E-state index < -0.39 is 0 Å². The largest absolute Gasteiger partial charge is 0.465 e. The third-order valence-corrected chi connectivity index (χ3v) is 5.96. The Morgan fingerprint density at radius 1 is 1.06 bits per heavy atom. The molecule has 1 aliphatic heterocycles.